The van der Waals surface area contributed by atoms with Gasteiger partial charge in [0.1, 0.15) is 6.61 Å². The molecule has 1 aromatic carbocycles. The molecule has 1 unspecified atom stereocenters. The Morgan fingerprint density at radius 1 is 1.07 bits per heavy atom. The molecule has 2 saturated heterocycles. The fourth-order valence-corrected chi connectivity index (χ4v) is 7.56. The highest BCUT2D eigenvalue weighted by Crippen LogP contribution is 2.40. The number of likely N-dealkylation sites (tertiary alicyclic amines) is 2. The number of aryl methyl sites for hydroxylation is 1. The predicted octanol–water partition coefficient (Wildman–Crippen LogP) is 4.12. The van der Waals surface area contributed by atoms with E-state index in [9.17, 15) is 19.5 Å². The van der Waals surface area contributed by atoms with E-state index < -0.39 is 11.6 Å². The third-order valence-corrected chi connectivity index (χ3v) is 10.1. The average Bonchev–Trinajstić information content (AvgIpc) is 3.41. The van der Waals surface area contributed by atoms with Crippen molar-refractivity contribution in [3.8, 4) is 11.4 Å². The number of ether oxygens (including phenoxy) is 1. The van der Waals surface area contributed by atoms with Crippen LogP contribution < -0.4 is 10.9 Å². The first-order chi connectivity index (χ1) is 20.8. The topological polar surface area (TPSA) is 117 Å². The van der Waals surface area contributed by atoms with Crippen molar-refractivity contribution < 1.29 is 19.4 Å². The number of urea groups is 1. The largest absolute Gasteiger partial charge is 0.458 e. The smallest absolute Gasteiger partial charge is 0.343 e. The van der Waals surface area contributed by atoms with Crippen LogP contribution in [0.25, 0.3) is 22.3 Å². The van der Waals surface area contributed by atoms with Crippen molar-refractivity contribution in [3.63, 3.8) is 0 Å². The molecule has 2 amide bonds. The molecule has 6 heterocycles. The Hall–Kier alpha value is -3.76. The summed E-state index contributed by atoms with van der Waals surface area (Å²) in [5.74, 6) is -0.730. The maximum atomic E-state index is 13.6. The number of rotatable bonds is 4. The molecule has 3 aromatic rings. The number of nitrogens with zero attached hydrogens (tertiary/aromatic N) is 4. The van der Waals surface area contributed by atoms with Crippen molar-refractivity contribution in [2.45, 2.75) is 83.6 Å². The van der Waals surface area contributed by atoms with Gasteiger partial charge < -0.3 is 29.5 Å². The van der Waals surface area contributed by atoms with Crippen molar-refractivity contribution >= 4 is 28.6 Å². The number of carbonyl (C=O) groups is 2. The van der Waals surface area contributed by atoms with Crippen LogP contribution in [-0.2, 0) is 34.7 Å². The van der Waals surface area contributed by atoms with E-state index in [4.69, 9.17) is 9.72 Å². The van der Waals surface area contributed by atoms with Crippen LogP contribution in [-0.4, -0.2) is 68.7 Å². The van der Waals surface area contributed by atoms with E-state index in [1.165, 1.54) is 32.4 Å². The second-order valence-corrected chi connectivity index (χ2v) is 12.4. The van der Waals surface area contributed by atoms with Crippen molar-refractivity contribution in [2.24, 2.45) is 0 Å². The Morgan fingerprint density at radius 2 is 1.84 bits per heavy atom. The van der Waals surface area contributed by atoms with E-state index in [1.54, 1.807) is 17.6 Å². The number of aromatic nitrogens is 2. The van der Waals surface area contributed by atoms with Crippen LogP contribution in [0.15, 0.2) is 29.1 Å². The minimum Gasteiger partial charge on any atom is -0.458 e. The number of amides is 2. The monoisotopic (exact) mass is 585 g/mol. The van der Waals surface area contributed by atoms with Gasteiger partial charge >= 0.3 is 12.0 Å². The molecule has 10 heteroatoms. The molecule has 43 heavy (non-hydrogen) atoms. The Morgan fingerprint density at radius 3 is 2.56 bits per heavy atom. The van der Waals surface area contributed by atoms with Gasteiger partial charge in [-0.2, -0.15) is 0 Å². The first-order valence-electron chi connectivity index (χ1n) is 15.7. The molecule has 4 aliphatic rings. The summed E-state index contributed by atoms with van der Waals surface area (Å²) in [5.41, 5.74) is 3.29. The standard InChI is InChI=1S/C33H39N5O5/c1-3-22-23-16-20(34-32(41)37-14-10-21(11-15-37)36-12-6-5-7-13-36)8-9-27(23)35-29-24(22)18-38-28(29)17-26-25(30(38)39)19-43-31(40)33(26,42)4-2/h8-9,16-17,21,42H,3-7,10-15,18-19H2,1-2H3,(H,34,41). The maximum absolute atomic E-state index is 13.6. The molecule has 4 aliphatic heterocycles. The SMILES string of the molecule is CCc1c2c(nc3ccc(NC(=O)N4CCC(N5CCCCC5)CC4)cc13)-c1cc3c(c(=O)n1C2)COC(=O)C3(O)CC. The second kappa shape index (κ2) is 10.7. The Bertz CT molecular complexity index is 1690. The number of benzene rings is 1. The van der Waals surface area contributed by atoms with E-state index in [0.717, 1.165) is 53.6 Å². The number of nitrogens with one attached hydrogen (secondary N) is 1. The van der Waals surface area contributed by atoms with Crippen molar-refractivity contribution in [1.82, 2.24) is 19.4 Å². The highest BCUT2D eigenvalue weighted by molar-refractivity contribution is 5.95. The van der Waals surface area contributed by atoms with E-state index in [1.807, 2.05) is 23.1 Å². The van der Waals surface area contributed by atoms with Gasteiger partial charge in [-0.25, -0.2) is 14.6 Å². The molecule has 10 nitrogen and oxygen atoms in total. The number of cyclic esters (lactones) is 1. The molecular weight excluding hydrogens is 546 g/mol. The van der Waals surface area contributed by atoms with Gasteiger partial charge in [-0.3, -0.25) is 4.79 Å². The minimum absolute atomic E-state index is 0.0756. The third kappa shape index (κ3) is 4.53. The van der Waals surface area contributed by atoms with Gasteiger partial charge in [-0.05, 0) is 81.4 Å². The molecule has 0 radical (unpaired) electrons. The first kappa shape index (κ1) is 28.0. The Balaban J connectivity index is 1.16. The van der Waals surface area contributed by atoms with Crippen LogP contribution in [0.2, 0.25) is 0 Å². The van der Waals surface area contributed by atoms with Crippen LogP contribution in [0.3, 0.4) is 0 Å². The lowest BCUT2D eigenvalue weighted by Gasteiger charge is -2.40. The van der Waals surface area contributed by atoms with Crippen LogP contribution in [0.5, 0.6) is 0 Å². The summed E-state index contributed by atoms with van der Waals surface area (Å²) < 4.78 is 6.87. The second-order valence-electron chi connectivity index (χ2n) is 12.4. The summed E-state index contributed by atoms with van der Waals surface area (Å²) in [6.07, 6.45) is 6.74. The number of hydrogen-bond acceptors (Lipinski definition) is 7. The first-order valence-corrected chi connectivity index (χ1v) is 15.7. The summed E-state index contributed by atoms with van der Waals surface area (Å²) in [7, 11) is 0. The fraction of sp³-hybridized carbons (Fsp3) is 0.515. The highest BCUT2D eigenvalue weighted by atomic mass is 16.6. The molecule has 7 rings (SSSR count). The molecule has 2 aromatic heterocycles. The number of carbonyl (C=O) groups excluding carboxylic acids is 2. The Kier molecular flexibility index (Phi) is 7.01. The van der Waals surface area contributed by atoms with Gasteiger partial charge in [-0.15, -0.1) is 0 Å². The molecule has 0 bridgehead atoms. The number of piperidine rings is 2. The Labute approximate surface area is 250 Å². The molecule has 0 saturated carbocycles. The van der Waals surface area contributed by atoms with E-state index in [0.29, 0.717) is 41.5 Å². The summed E-state index contributed by atoms with van der Waals surface area (Å²) in [4.78, 5) is 48.8. The molecular formula is C33H39N5O5. The molecule has 226 valence electrons. The zero-order valence-corrected chi connectivity index (χ0v) is 24.9. The van der Waals surface area contributed by atoms with Crippen LogP contribution in [0, 0.1) is 0 Å². The molecule has 0 aliphatic carbocycles. The normalized spacial score (nSPS) is 22.2. The zero-order valence-electron chi connectivity index (χ0n) is 24.9. The highest BCUT2D eigenvalue weighted by Gasteiger charge is 2.45. The van der Waals surface area contributed by atoms with Gasteiger partial charge in [0.25, 0.3) is 5.56 Å². The summed E-state index contributed by atoms with van der Waals surface area (Å²) in [6, 6.07) is 8.02. The number of hydrogen-bond donors (Lipinski definition) is 2. The van der Waals surface area contributed by atoms with Gasteiger partial charge in [0.2, 0.25) is 0 Å². The van der Waals surface area contributed by atoms with E-state index >= 15 is 0 Å². The maximum Gasteiger partial charge on any atom is 0.343 e. The quantitative estimate of drug-likeness (QED) is 0.346. The van der Waals surface area contributed by atoms with E-state index in [-0.39, 0.29) is 24.6 Å². The number of aliphatic hydroxyl groups is 1. The molecule has 2 fully saturated rings. The summed E-state index contributed by atoms with van der Waals surface area (Å²) >= 11 is 0. The van der Waals surface area contributed by atoms with Gasteiger partial charge in [-0.1, -0.05) is 20.3 Å². The number of fused-ring (bicyclic) bond motifs is 5. The lowest BCUT2D eigenvalue weighted by atomic mass is 9.86. The van der Waals surface area contributed by atoms with Crippen molar-refractivity contribution in [1.29, 1.82) is 0 Å². The minimum atomic E-state index is -1.86. The van der Waals surface area contributed by atoms with Gasteiger partial charge in [0, 0.05) is 41.3 Å². The third-order valence-electron chi connectivity index (χ3n) is 10.1. The zero-order chi connectivity index (χ0) is 29.9. The molecule has 0 spiro atoms. The predicted molar refractivity (Wildman–Crippen MR) is 163 cm³/mol. The molecule has 1 atom stereocenters. The number of pyridine rings is 2. The van der Waals surface area contributed by atoms with Crippen LogP contribution >= 0.6 is 0 Å². The molecule has 2 N–H and O–H groups in total. The fourth-order valence-electron chi connectivity index (χ4n) is 7.56. The summed E-state index contributed by atoms with van der Waals surface area (Å²) in [6.45, 7) is 7.86. The lowest BCUT2D eigenvalue weighted by molar-refractivity contribution is -0.172. The number of esters is 1. The van der Waals surface area contributed by atoms with Crippen LogP contribution in [0.4, 0.5) is 10.5 Å². The van der Waals surface area contributed by atoms with Gasteiger partial charge in [0.05, 0.1) is 29.0 Å². The van der Waals surface area contributed by atoms with Crippen molar-refractivity contribution in [2.75, 3.05) is 31.5 Å². The summed E-state index contributed by atoms with van der Waals surface area (Å²) in [5, 5.41) is 15.2. The van der Waals surface area contributed by atoms with Crippen LogP contribution in [0.1, 0.15) is 74.6 Å². The number of anilines is 1. The van der Waals surface area contributed by atoms with Gasteiger partial charge in [0.15, 0.2) is 5.60 Å². The van der Waals surface area contributed by atoms with Crippen molar-refractivity contribution in [3.05, 3.63) is 56.9 Å². The van der Waals surface area contributed by atoms with E-state index in [2.05, 4.69) is 17.1 Å². The average molecular weight is 586 g/mol. The lowest BCUT2D eigenvalue weighted by Crippen LogP contribution is -2.49.